The molecule has 2 amide bonds. The molecule has 0 bridgehead atoms. The van der Waals surface area contributed by atoms with Crippen molar-refractivity contribution in [3.63, 3.8) is 0 Å². The summed E-state index contributed by atoms with van der Waals surface area (Å²) in [6.07, 6.45) is 4.31. The predicted molar refractivity (Wildman–Crippen MR) is 77.0 cm³/mol. The minimum Gasteiger partial charge on any atom is -0.480 e. The third-order valence-corrected chi connectivity index (χ3v) is 3.90. The number of carboxylic acids is 1. The van der Waals surface area contributed by atoms with Gasteiger partial charge in [-0.15, -0.1) is 0 Å². The van der Waals surface area contributed by atoms with Crippen LogP contribution in [0.3, 0.4) is 0 Å². The quantitative estimate of drug-likeness (QED) is 0.891. The van der Waals surface area contributed by atoms with Crippen LogP contribution in [-0.4, -0.2) is 35.1 Å². The van der Waals surface area contributed by atoms with Crippen LogP contribution in [0.2, 0.25) is 0 Å². The summed E-state index contributed by atoms with van der Waals surface area (Å²) in [5.41, 5.74) is 3.27. The highest BCUT2D eigenvalue weighted by Crippen LogP contribution is 2.28. The van der Waals surface area contributed by atoms with Gasteiger partial charge in [0.1, 0.15) is 6.04 Å². The number of aliphatic carboxylic acids is 1. The van der Waals surface area contributed by atoms with E-state index in [1.54, 1.807) is 0 Å². The molecule has 1 aliphatic carbocycles. The number of hydrogen-bond donors (Lipinski definition) is 2. The highest BCUT2D eigenvalue weighted by molar-refractivity contribution is 5.92. The zero-order valence-corrected chi connectivity index (χ0v) is 11.8. The fourth-order valence-corrected chi connectivity index (χ4v) is 2.44. The number of anilines is 1. The van der Waals surface area contributed by atoms with Gasteiger partial charge in [-0.2, -0.15) is 0 Å². The van der Waals surface area contributed by atoms with Crippen LogP contribution >= 0.6 is 0 Å². The van der Waals surface area contributed by atoms with Crippen molar-refractivity contribution in [2.75, 3.05) is 12.4 Å². The summed E-state index contributed by atoms with van der Waals surface area (Å²) in [4.78, 5) is 24.2. The third kappa shape index (κ3) is 2.92. The van der Waals surface area contributed by atoms with Gasteiger partial charge in [0.2, 0.25) is 0 Å². The Morgan fingerprint density at radius 2 is 2.00 bits per heavy atom. The number of carbonyl (C=O) groups excluding carboxylic acids is 1. The van der Waals surface area contributed by atoms with E-state index in [1.165, 1.54) is 36.4 Å². The number of benzene rings is 1. The average molecular weight is 276 g/mol. The van der Waals surface area contributed by atoms with Crippen molar-refractivity contribution in [1.82, 2.24) is 4.90 Å². The molecule has 0 radical (unpaired) electrons. The number of aryl methyl sites for hydroxylation is 1. The topological polar surface area (TPSA) is 69.6 Å². The molecule has 1 atom stereocenters. The lowest BCUT2D eigenvalue weighted by atomic mass is 9.90. The minimum atomic E-state index is -1.02. The lowest BCUT2D eigenvalue weighted by Gasteiger charge is -2.24. The largest absolute Gasteiger partial charge is 0.480 e. The Labute approximate surface area is 118 Å². The molecule has 1 unspecified atom stereocenters. The van der Waals surface area contributed by atoms with E-state index in [-0.39, 0.29) is 6.03 Å². The van der Waals surface area contributed by atoms with Crippen LogP contribution in [-0.2, 0) is 17.6 Å². The number of rotatable bonds is 3. The van der Waals surface area contributed by atoms with Crippen LogP contribution in [0.4, 0.5) is 10.5 Å². The molecule has 2 N–H and O–H groups in total. The number of carboxylic acid groups (broad SMARTS) is 1. The molecule has 108 valence electrons. The molecule has 0 spiro atoms. The molecule has 1 aromatic rings. The van der Waals surface area contributed by atoms with E-state index in [4.69, 9.17) is 5.11 Å². The monoisotopic (exact) mass is 276 g/mol. The number of likely N-dealkylation sites (N-methyl/N-ethyl adjacent to an activating group) is 1. The van der Waals surface area contributed by atoms with Crippen LogP contribution in [0, 0.1) is 0 Å². The van der Waals surface area contributed by atoms with E-state index >= 15 is 0 Å². The summed E-state index contributed by atoms with van der Waals surface area (Å²) in [7, 11) is 1.49. The summed E-state index contributed by atoms with van der Waals surface area (Å²) in [6, 6.07) is 4.66. The zero-order valence-electron chi connectivity index (χ0n) is 11.8. The van der Waals surface area contributed by atoms with Crippen molar-refractivity contribution in [2.24, 2.45) is 0 Å². The summed E-state index contributed by atoms with van der Waals surface area (Å²) >= 11 is 0. The van der Waals surface area contributed by atoms with Crippen LogP contribution in [0.25, 0.3) is 0 Å². The number of urea groups is 1. The number of amides is 2. The van der Waals surface area contributed by atoms with Gasteiger partial charge in [0.25, 0.3) is 0 Å². The third-order valence-electron chi connectivity index (χ3n) is 3.90. The number of nitrogens with zero attached hydrogens (tertiary/aromatic N) is 1. The molecule has 0 saturated carbocycles. The molecule has 20 heavy (non-hydrogen) atoms. The summed E-state index contributed by atoms with van der Waals surface area (Å²) in [6.45, 7) is 1.49. The molecule has 0 aliphatic heterocycles. The van der Waals surface area contributed by atoms with Gasteiger partial charge >= 0.3 is 12.0 Å². The fraction of sp³-hybridized carbons (Fsp3) is 0.467. The van der Waals surface area contributed by atoms with E-state index < -0.39 is 12.0 Å². The maximum Gasteiger partial charge on any atom is 0.326 e. The first-order valence-electron chi connectivity index (χ1n) is 6.88. The maximum atomic E-state index is 12.1. The van der Waals surface area contributed by atoms with E-state index in [9.17, 15) is 9.59 Å². The number of carbonyl (C=O) groups is 2. The number of nitrogens with one attached hydrogen (secondary N) is 1. The molecule has 1 aromatic carbocycles. The van der Waals surface area contributed by atoms with Gasteiger partial charge in [0.15, 0.2) is 0 Å². The highest BCUT2D eigenvalue weighted by atomic mass is 16.4. The van der Waals surface area contributed by atoms with E-state index in [1.807, 2.05) is 12.1 Å². The first-order valence-corrected chi connectivity index (χ1v) is 6.88. The Morgan fingerprint density at radius 1 is 1.30 bits per heavy atom. The van der Waals surface area contributed by atoms with E-state index in [0.717, 1.165) is 24.9 Å². The van der Waals surface area contributed by atoms with Crippen LogP contribution < -0.4 is 5.32 Å². The van der Waals surface area contributed by atoms with Gasteiger partial charge in [-0.25, -0.2) is 9.59 Å². The van der Waals surface area contributed by atoms with Crippen LogP contribution in [0.5, 0.6) is 0 Å². The van der Waals surface area contributed by atoms with Crippen LogP contribution in [0.1, 0.15) is 30.9 Å². The van der Waals surface area contributed by atoms with Crippen molar-refractivity contribution < 1.29 is 14.7 Å². The molecule has 5 nitrogen and oxygen atoms in total. The molecule has 2 rings (SSSR count). The van der Waals surface area contributed by atoms with Gasteiger partial charge in [-0.3, -0.25) is 0 Å². The molecule has 0 saturated heterocycles. The first-order chi connectivity index (χ1) is 9.50. The summed E-state index contributed by atoms with van der Waals surface area (Å²) in [5, 5.41) is 11.8. The van der Waals surface area contributed by atoms with Crippen molar-refractivity contribution in [3.05, 3.63) is 29.3 Å². The van der Waals surface area contributed by atoms with Gasteiger partial charge in [0.05, 0.1) is 0 Å². The average Bonchev–Trinajstić information content (AvgIpc) is 2.46. The second-order valence-corrected chi connectivity index (χ2v) is 5.21. The van der Waals surface area contributed by atoms with Crippen molar-refractivity contribution in [2.45, 2.75) is 38.6 Å². The second kappa shape index (κ2) is 5.94. The lowest BCUT2D eigenvalue weighted by Crippen LogP contribution is -2.42. The Balaban J connectivity index is 2.14. The smallest absolute Gasteiger partial charge is 0.326 e. The Kier molecular flexibility index (Phi) is 4.27. The Morgan fingerprint density at radius 3 is 2.70 bits per heavy atom. The molecule has 0 heterocycles. The van der Waals surface area contributed by atoms with Gasteiger partial charge < -0.3 is 15.3 Å². The molecule has 0 fully saturated rings. The summed E-state index contributed by atoms with van der Waals surface area (Å²) < 4.78 is 0. The fourth-order valence-electron chi connectivity index (χ4n) is 2.44. The van der Waals surface area contributed by atoms with Crippen molar-refractivity contribution in [3.8, 4) is 0 Å². The summed E-state index contributed by atoms with van der Waals surface area (Å²) in [5.74, 6) is -1.02. The first kappa shape index (κ1) is 14.4. The van der Waals surface area contributed by atoms with Crippen molar-refractivity contribution >= 4 is 17.7 Å². The SMILES string of the molecule is CC(C(=O)O)N(C)C(=O)Nc1cccc2c1CCCC2. The van der Waals surface area contributed by atoms with E-state index in [0.29, 0.717) is 0 Å². The zero-order chi connectivity index (χ0) is 14.7. The number of hydrogen-bond acceptors (Lipinski definition) is 2. The molecule has 1 aliphatic rings. The Bertz CT molecular complexity index is 528. The molecule has 5 heteroatoms. The molecule has 0 aromatic heterocycles. The van der Waals surface area contributed by atoms with Crippen LogP contribution in [0.15, 0.2) is 18.2 Å². The molecular weight excluding hydrogens is 256 g/mol. The number of fused-ring (bicyclic) bond motifs is 1. The second-order valence-electron chi connectivity index (χ2n) is 5.21. The Hall–Kier alpha value is -2.04. The van der Waals surface area contributed by atoms with Gasteiger partial charge in [0, 0.05) is 12.7 Å². The normalized spacial score (nSPS) is 15.1. The predicted octanol–water partition coefficient (Wildman–Crippen LogP) is 2.50. The van der Waals surface area contributed by atoms with E-state index in [2.05, 4.69) is 11.4 Å². The molecular formula is C15H20N2O3. The van der Waals surface area contributed by atoms with Gasteiger partial charge in [-0.1, -0.05) is 12.1 Å². The highest BCUT2D eigenvalue weighted by Gasteiger charge is 2.22. The van der Waals surface area contributed by atoms with Gasteiger partial charge in [-0.05, 0) is 49.8 Å². The standard InChI is InChI=1S/C15H20N2O3/c1-10(14(18)19)17(2)15(20)16-13-9-5-7-11-6-3-4-8-12(11)13/h5,7,9-10H,3-4,6,8H2,1-2H3,(H,16,20)(H,18,19). The lowest BCUT2D eigenvalue weighted by molar-refractivity contribution is -0.141. The maximum absolute atomic E-state index is 12.1. The minimum absolute atomic E-state index is 0.390. The van der Waals surface area contributed by atoms with Crippen molar-refractivity contribution in [1.29, 1.82) is 0 Å².